The quantitative estimate of drug-likeness (QED) is 0.607. The molecule has 1 saturated heterocycles. The van der Waals surface area contributed by atoms with Gasteiger partial charge in [-0.15, -0.1) is 5.10 Å². The molecular formula is C13H16N8O. The Labute approximate surface area is 127 Å². The van der Waals surface area contributed by atoms with E-state index in [4.69, 9.17) is 0 Å². The number of tetrazole rings is 1. The van der Waals surface area contributed by atoms with Crippen molar-refractivity contribution in [3.63, 3.8) is 0 Å². The van der Waals surface area contributed by atoms with Gasteiger partial charge in [0, 0.05) is 19.3 Å². The third-order valence-corrected chi connectivity index (χ3v) is 3.19. The normalized spacial score (nSPS) is 14.6. The van der Waals surface area contributed by atoms with Crippen molar-refractivity contribution >= 4 is 18.1 Å². The molecule has 114 valence electrons. The van der Waals surface area contributed by atoms with Crippen LogP contribution in [0.25, 0.3) is 0 Å². The molecule has 1 N–H and O–H groups in total. The summed E-state index contributed by atoms with van der Waals surface area (Å²) in [5.41, 5.74) is 3.07. The van der Waals surface area contributed by atoms with Crippen LogP contribution in [0, 0.1) is 0 Å². The molecule has 0 aliphatic carbocycles. The number of pyridine rings is 1. The Bertz CT molecular complexity index is 647. The van der Waals surface area contributed by atoms with Crippen LogP contribution in [0.5, 0.6) is 0 Å². The highest BCUT2D eigenvalue weighted by Gasteiger charge is 2.17. The lowest BCUT2D eigenvalue weighted by atomic mass is 10.4. The number of hydrogen-bond acceptors (Lipinski definition) is 7. The van der Waals surface area contributed by atoms with Gasteiger partial charge in [0.25, 0.3) is 11.9 Å². The van der Waals surface area contributed by atoms with E-state index in [9.17, 15) is 4.79 Å². The van der Waals surface area contributed by atoms with Crippen LogP contribution in [-0.2, 0) is 11.3 Å². The summed E-state index contributed by atoms with van der Waals surface area (Å²) in [6.45, 7) is 1.85. The minimum Gasteiger partial charge on any atom is -0.338 e. The van der Waals surface area contributed by atoms with E-state index in [-0.39, 0.29) is 12.5 Å². The average Bonchev–Trinajstić information content (AvgIpc) is 3.19. The standard InChI is InChI=1S/C13H16N8O/c22-12(16-15-9-11-5-1-2-6-14-11)10-21-18-13(17-19-21)20-7-3-4-8-20/h1-2,5-6,9H,3-4,7-8,10H2,(H,16,22)/b15-9+. The Kier molecular flexibility index (Phi) is 4.33. The number of aromatic nitrogens is 5. The molecule has 0 bridgehead atoms. The minimum atomic E-state index is -0.322. The molecular weight excluding hydrogens is 284 g/mol. The van der Waals surface area contributed by atoms with Crippen molar-refractivity contribution < 1.29 is 4.79 Å². The molecule has 1 fully saturated rings. The van der Waals surface area contributed by atoms with E-state index >= 15 is 0 Å². The zero-order valence-electron chi connectivity index (χ0n) is 12.0. The molecule has 9 heteroatoms. The number of hydrogen-bond donors (Lipinski definition) is 1. The molecule has 1 aliphatic heterocycles. The maximum Gasteiger partial charge on any atom is 0.266 e. The van der Waals surface area contributed by atoms with Gasteiger partial charge < -0.3 is 4.90 Å². The Hall–Kier alpha value is -2.84. The Morgan fingerprint density at radius 1 is 1.36 bits per heavy atom. The van der Waals surface area contributed by atoms with E-state index in [0.717, 1.165) is 25.9 Å². The highest BCUT2D eigenvalue weighted by Crippen LogP contribution is 2.13. The van der Waals surface area contributed by atoms with Crippen molar-refractivity contribution in [1.29, 1.82) is 0 Å². The van der Waals surface area contributed by atoms with Crippen LogP contribution in [0.15, 0.2) is 29.5 Å². The summed E-state index contributed by atoms with van der Waals surface area (Å²) in [5.74, 6) is 0.250. The van der Waals surface area contributed by atoms with E-state index < -0.39 is 0 Å². The molecule has 0 saturated carbocycles. The van der Waals surface area contributed by atoms with Crippen LogP contribution >= 0.6 is 0 Å². The molecule has 1 amide bonds. The van der Waals surface area contributed by atoms with Gasteiger partial charge in [-0.25, -0.2) is 5.43 Å². The molecule has 2 aromatic rings. The zero-order chi connectivity index (χ0) is 15.2. The first-order valence-corrected chi connectivity index (χ1v) is 7.07. The third-order valence-electron chi connectivity index (χ3n) is 3.19. The van der Waals surface area contributed by atoms with Gasteiger partial charge in [0.15, 0.2) is 0 Å². The second-order valence-electron chi connectivity index (χ2n) is 4.86. The Morgan fingerprint density at radius 3 is 3.00 bits per heavy atom. The lowest BCUT2D eigenvalue weighted by Gasteiger charge is -2.09. The highest BCUT2D eigenvalue weighted by molar-refractivity contribution is 5.80. The first-order chi connectivity index (χ1) is 10.8. The van der Waals surface area contributed by atoms with Crippen molar-refractivity contribution in [1.82, 2.24) is 30.6 Å². The highest BCUT2D eigenvalue weighted by atomic mass is 16.2. The second kappa shape index (κ2) is 6.74. The predicted molar refractivity (Wildman–Crippen MR) is 79.2 cm³/mol. The van der Waals surface area contributed by atoms with Gasteiger partial charge in [0.05, 0.1) is 11.9 Å². The molecule has 0 radical (unpaired) electrons. The van der Waals surface area contributed by atoms with E-state index in [0.29, 0.717) is 11.6 Å². The minimum absolute atomic E-state index is 0.0274. The molecule has 0 aromatic carbocycles. The molecule has 1 aliphatic rings. The summed E-state index contributed by atoms with van der Waals surface area (Å²) in [7, 11) is 0. The number of amides is 1. The van der Waals surface area contributed by atoms with Crippen LogP contribution in [-0.4, -0.2) is 50.4 Å². The average molecular weight is 300 g/mol. The van der Waals surface area contributed by atoms with Gasteiger partial charge in [-0.3, -0.25) is 9.78 Å². The lowest BCUT2D eigenvalue weighted by Crippen LogP contribution is -2.25. The second-order valence-corrected chi connectivity index (χ2v) is 4.86. The topological polar surface area (TPSA) is 101 Å². The molecule has 22 heavy (non-hydrogen) atoms. The van der Waals surface area contributed by atoms with Crippen LogP contribution in [0.2, 0.25) is 0 Å². The Morgan fingerprint density at radius 2 is 2.23 bits per heavy atom. The van der Waals surface area contributed by atoms with Crippen molar-refractivity contribution in [3.8, 4) is 0 Å². The van der Waals surface area contributed by atoms with Gasteiger partial charge in [-0.05, 0) is 30.2 Å². The summed E-state index contributed by atoms with van der Waals surface area (Å²) in [4.78, 5) is 19.1. The smallest absolute Gasteiger partial charge is 0.266 e. The number of carbonyl (C=O) groups excluding carboxylic acids is 1. The fourth-order valence-corrected chi connectivity index (χ4v) is 2.13. The summed E-state index contributed by atoms with van der Waals surface area (Å²) in [6, 6.07) is 5.44. The van der Waals surface area contributed by atoms with E-state index in [1.54, 1.807) is 12.3 Å². The number of anilines is 1. The monoisotopic (exact) mass is 300 g/mol. The first-order valence-electron chi connectivity index (χ1n) is 7.07. The van der Waals surface area contributed by atoms with Crippen molar-refractivity contribution in [2.45, 2.75) is 19.4 Å². The van der Waals surface area contributed by atoms with E-state index in [2.05, 4.69) is 35.8 Å². The maximum absolute atomic E-state index is 11.7. The van der Waals surface area contributed by atoms with Crippen molar-refractivity contribution in [2.75, 3.05) is 18.0 Å². The maximum atomic E-state index is 11.7. The Balaban J connectivity index is 1.50. The predicted octanol–water partition coefficient (Wildman–Crippen LogP) is -0.181. The van der Waals surface area contributed by atoms with Gasteiger partial charge in [-0.1, -0.05) is 11.2 Å². The van der Waals surface area contributed by atoms with Gasteiger partial charge >= 0.3 is 0 Å². The number of rotatable bonds is 5. The summed E-state index contributed by atoms with van der Waals surface area (Å²) < 4.78 is 0. The number of hydrazone groups is 1. The lowest BCUT2D eigenvalue weighted by molar-refractivity contribution is -0.122. The largest absolute Gasteiger partial charge is 0.338 e. The molecule has 3 rings (SSSR count). The van der Waals surface area contributed by atoms with Gasteiger partial charge in [0.1, 0.15) is 6.54 Å². The number of nitrogens with zero attached hydrogens (tertiary/aromatic N) is 7. The SMILES string of the molecule is O=C(Cn1nnc(N2CCCC2)n1)N/N=C/c1ccccn1. The molecule has 0 spiro atoms. The summed E-state index contributed by atoms with van der Waals surface area (Å²) >= 11 is 0. The molecule has 2 aromatic heterocycles. The zero-order valence-corrected chi connectivity index (χ0v) is 12.0. The number of carbonyl (C=O) groups is 1. The summed E-state index contributed by atoms with van der Waals surface area (Å²) in [5, 5.41) is 15.9. The van der Waals surface area contributed by atoms with Crippen LogP contribution < -0.4 is 10.3 Å². The fraction of sp³-hybridized carbons (Fsp3) is 0.385. The van der Waals surface area contributed by atoms with Crippen molar-refractivity contribution in [3.05, 3.63) is 30.1 Å². The fourth-order valence-electron chi connectivity index (χ4n) is 2.13. The molecule has 9 nitrogen and oxygen atoms in total. The summed E-state index contributed by atoms with van der Waals surface area (Å²) in [6.07, 6.45) is 5.40. The van der Waals surface area contributed by atoms with Crippen molar-refractivity contribution in [2.24, 2.45) is 5.10 Å². The van der Waals surface area contributed by atoms with E-state index in [1.165, 1.54) is 11.0 Å². The van der Waals surface area contributed by atoms with Gasteiger partial charge in [-0.2, -0.15) is 9.90 Å². The first kappa shape index (κ1) is 14.1. The molecule has 3 heterocycles. The van der Waals surface area contributed by atoms with Crippen LogP contribution in [0.1, 0.15) is 18.5 Å². The van der Waals surface area contributed by atoms with E-state index in [1.807, 2.05) is 12.1 Å². The van der Waals surface area contributed by atoms with Gasteiger partial charge in [0.2, 0.25) is 0 Å². The molecule has 0 atom stereocenters. The van der Waals surface area contributed by atoms with Crippen LogP contribution in [0.4, 0.5) is 5.95 Å². The van der Waals surface area contributed by atoms with Crippen LogP contribution in [0.3, 0.4) is 0 Å². The third kappa shape index (κ3) is 3.62. The molecule has 0 unspecified atom stereocenters. The number of nitrogens with one attached hydrogen (secondary N) is 1.